The van der Waals surface area contributed by atoms with E-state index in [9.17, 15) is 14.9 Å². The van der Waals surface area contributed by atoms with Gasteiger partial charge in [-0.25, -0.2) is 0 Å². The Labute approximate surface area is 153 Å². The number of likely N-dealkylation sites (N-methyl/N-ethyl adjacent to an activating group) is 1. The van der Waals surface area contributed by atoms with Gasteiger partial charge in [-0.15, -0.1) is 11.8 Å². The van der Waals surface area contributed by atoms with E-state index in [1.807, 2.05) is 30.5 Å². The second-order valence-corrected chi connectivity index (χ2v) is 7.54. The monoisotopic (exact) mass is 361 g/mol. The zero-order chi connectivity index (χ0) is 18.4. The molecular formula is C18H25N4O2S+. The first-order valence-corrected chi connectivity index (χ1v) is 9.57. The van der Waals surface area contributed by atoms with Crippen molar-refractivity contribution >= 4 is 29.3 Å². The average molecular weight is 361 g/mol. The van der Waals surface area contributed by atoms with Crippen molar-refractivity contribution in [2.75, 3.05) is 31.7 Å². The van der Waals surface area contributed by atoms with Gasteiger partial charge in [0, 0.05) is 4.90 Å². The molecule has 1 aliphatic rings. The largest absolute Gasteiger partial charge is 0.333 e. The van der Waals surface area contributed by atoms with E-state index in [-0.39, 0.29) is 30.8 Å². The lowest BCUT2D eigenvalue weighted by Crippen LogP contribution is -3.11. The fourth-order valence-corrected chi connectivity index (χ4v) is 3.32. The van der Waals surface area contributed by atoms with Gasteiger partial charge >= 0.3 is 0 Å². The highest BCUT2D eigenvalue weighted by Gasteiger charge is 2.43. The van der Waals surface area contributed by atoms with Gasteiger partial charge in [0.25, 0.3) is 11.8 Å². The van der Waals surface area contributed by atoms with Gasteiger partial charge in [-0.3, -0.25) is 9.59 Å². The van der Waals surface area contributed by atoms with Gasteiger partial charge in [0.2, 0.25) is 0 Å². The number of amides is 2. The highest BCUT2D eigenvalue weighted by atomic mass is 32.2. The molecule has 1 aromatic rings. The third-order valence-electron chi connectivity index (χ3n) is 4.33. The predicted molar refractivity (Wildman–Crippen MR) is 98.4 cm³/mol. The van der Waals surface area contributed by atoms with Crippen molar-refractivity contribution in [3.63, 3.8) is 0 Å². The van der Waals surface area contributed by atoms with E-state index in [4.69, 9.17) is 0 Å². The van der Waals surface area contributed by atoms with Crippen LogP contribution in [0.4, 0.5) is 5.69 Å². The van der Waals surface area contributed by atoms with Crippen LogP contribution < -0.4 is 15.5 Å². The van der Waals surface area contributed by atoms with Crippen molar-refractivity contribution < 1.29 is 14.5 Å². The van der Waals surface area contributed by atoms with Gasteiger partial charge in [0.1, 0.15) is 5.54 Å². The van der Waals surface area contributed by atoms with E-state index in [1.165, 1.54) is 0 Å². The van der Waals surface area contributed by atoms with Gasteiger partial charge in [-0.05, 0) is 44.1 Å². The van der Waals surface area contributed by atoms with Crippen LogP contribution in [0.25, 0.3) is 0 Å². The van der Waals surface area contributed by atoms with E-state index in [0.29, 0.717) is 0 Å². The molecule has 2 atom stereocenters. The van der Waals surface area contributed by atoms with Crippen LogP contribution in [0.15, 0.2) is 29.2 Å². The Morgan fingerprint density at radius 2 is 1.96 bits per heavy atom. The van der Waals surface area contributed by atoms with Crippen LogP contribution in [0.5, 0.6) is 0 Å². The molecule has 1 aliphatic carbocycles. The van der Waals surface area contributed by atoms with Gasteiger partial charge in [-0.1, -0.05) is 12.1 Å². The number of quaternary nitrogens is 1. The van der Waals surface area contributed by atoms with Crippen molar-refractivity contribution in [2.45, 2.75) is 30.2 Å². The number of hydrogen-bond donors (Lipinski definition) is 3. The van der Waals surface area contributed by atoms with Crippen LogP contribution in [0, 0.1) is 17.2 Å². The van der Waals surface area contributed by atoms with Crippen LogP contribution in [-0.2, 0) is 9.59 Å². The summed E-state index contributed by atoms with van der Waals surface area (Å²) in [5, 5.41) is 15.0. The van der Waals surface area contributed by atoms with Crippen molar-refractivity contribution in [1.29, 1.82) is 5.26 Å². The Balaban J connectivity index is 1.83. The van der Waals surface area contributed by atoms with Gasteiger partial charge in [-0.2, -0.15) is 5.26 Å². The fraction of sp³-hybridized carbons (Fsp3) is 0.500. The normalized spacial score (nSPS) is 17.0. The van der Waals surface area contributed by atoms with E-state index in [2.05, 4.69) is 16.7 Å². The molecule has 0 aliphatic heterocycles. The number of benzene rings is 1. The third-order valence-corrected chi connectivity index (χ3v) is 5.13. The number of rotatable bonds is 8. The maximum atomic E-state index is 12.2. The van der Waals surface area contributed by atoms with Gasteiger partial charge in [0.05, 0.1) is 18.8 Å². The second kappa shape index (κ2) is 8.37. The smallest absolute Gasteiger partial charge is 0.279 e. The van der Waals surface area contributed by atoms with E-state index in [0.717, 1.165) is 28.3 Å². The van der Waals surface area contributed by atoms with Gasteiger partial charge in [0.15, 0.2) is 13.1 Å². The number of thioether (sulfide) groups is 1. The zero-order valence-corrected chi connectivity index (χ0v) is 15.7. The minimum absolute atomic E-state index is 0.142. The summed E-state index contributed by atoms with van der Waals surface area (Å²) < 4.78 is 0. The molecule has 1 unspecified atom stereocenters. The number of hydrogen-bond acceptors (Lipinski definition) is 4. The fourth-order valence-electron chi connectivity index (χ4n) is 2.77. The quantitative estimate of drug-likeness (QED) is 0.594. The van der Waals surface area contributed by atoms with Crippen molar-refractivity contribution in [2.24, 2.45) is 5.92 Å². The molecule has 0 aromatic heterocycles. The van der Waals surface area contributed by atoms with Crippen LogP contribution in [0.2, 0.25) is 0 Å². The highest BCUT2D eigenvalue weighted by molar-refractivity contribution is 7.98. The summed E-state index contributed by atoms with van der Waals surface area (Å²) >= 11 is 1.57. The number of nitrogens with zero attached hydrogens (tertiary/aromatic N) is 1. The number of carbonyl (C=O) groups is 2. The zero-order valence-electron chi connectivity index (χ0n) is 14.9. The molecule has 2 amide bonds. The molecule has 3 N–H and O–H groups in total. The first-order valence-electron chi connectivity index (χ1n) is 8.34. The SMILES string of the molecule is CSc1ccccc1NC(=O)C[NH+](C)CC(=O)N[C@@](C)(C#N)C1CC1. The molecule has 1 aromatic carbocycles. The van der Waals surface area contributed by atoms with Crippen LogP contribution in [0.3, 0.4) is 0 Å². The van der Waals surface area contributed by atoms with E-state index >= 15 is 0 Å². The number of para-hydroxylation sites is 1. The first-order chi connectivity index (χ1) is 11.9. The highest BCUT2D eigenvalue weighted by Crippen LogP contribution is 2.39. The lowest BCUT2D eigenvalue weighted by atomic mass is 9.98. The Bertz CT molecular complexity index is 684. The number of nitrogens with one attached hydrogen (secondary N) is 3. The Kier molecular flexibility index (Phi) is 6.45. The summed E-state index contributed by atoms with van der Waals surface area (Å²) in [7, 11) is 1.79. The lowest BCUT2D eigenvalue weighted by molar-refractivity contribution is -0.862. The molecule has 7 heteroatoms. The molecule has 0 spiro atoms. The molecule has 2 rings (SSSR count). The molecule has 0 heterocycles. The molecule has 25 heavy (non-hydrogen) atoms. The summed E-state index contributed by atoms with van der Waals surface area (Å²) in [4.78, 5) is 26.2. The lowest BCUT2D eigenvalue weighted by Gasteiger charge is -2.23. The summed E-state index contributed by atoms with van der Waals surface area (Å²) in [5.74, 6) is -0.101. The van der Waals surface area contributed by atoms with Gasteiger partial charge < -0.3 is 15.5 Å². The molecule has 1 fully saturated rings. The topological polar surface area (TPSA) is 86.4 Å². The minimum atomic E-state index is -0.795. The molecule has 1 saturated carbocycles. The maximum Gasteiger partial charge on any atom is 0.279 e. The Hall–Kier alpha value is -2.04. The second-order valence-electron chi connectivity index (χ2n) is 6.70. The van der Waals surface area contributed by atoms with Crippen molar-refractivity contribution in [1.82, 2.24) is 5.32 Å². The molecule has 0 radical (unpaired) electrons. The number of nitriles is 1. The van der Waals surface area contributed by atoms with E-state index in [1.54, 1.807) is 25.7 Å². The molecule has 6 nitrogen and oxygen atoms in total. The number of anilines is 1. The summed E-state index contributed by atoms with van der Waals surface area (Å²) in [5.41, 5.74) is -0.0141. The van der Waals surface area contributed by atoms with Crippen LogP contribution in [-0.4, -0.2) is 43.7 Å². The first kappa shape index (κ1) is 19.3. The number of carbonyl (C=O) groups excluding carboxylic acids is 2. The summed E-state index contributed by atoms with van der Waals surface area (Å²) in [6, 6.07) is 9.82. The van der Waals surface area contributed by atoms with Crippen LogP contribution >= 0.6 is 11.8 Å². The van der Waals surface area contributed by atoms with Crippen molar-refractivity contribution in [3.8, 4) is 6.07 Å². The maximum absolute atomic E-state index is 12.2. The Morgan fingerprint density at radius 3 is 2.56 bits per heavy atom. The third kappa shape index (κ3) is 5.48. The Morgan fingerprint density at radius 1 is 1.32 bits per heavy atom. The van der Waals surface area contributed by atoms with Crippen molar-refractivity contribution in [3.05, 3.63) is 24.3 Å². The molecular weight excluding hydrogens is 336 g/mol. The molecule has 0 saturated heterocycles. The van der Waals surface area contributed by atoms with Crippen LogP contribution in [0.1, 0.15) is 19.8 Å². The molecule has 134 valence electrons. The minimum Gasteiger partial charge on any atom is -0.333 e. The summed E-state index contributed by atoms with van der Waals surface area (Å²) in [6.45, 7) is 2.11. The predicted octanol–water partition coefficient (Wildman–Crippen LogP) is 0.670. The molecule has 0 bridgehead atoms. The average Bonchev–Trinajstić information content (AvgIpc) is 3.40. The standard InChI is InChI=1S/C18H24N4O2S/c1-18(12-19,13-8-9-13)21-17(24)11-22(2)10-16(23)20-14-6-4-5-7-15(14)25-3/h4-7,13H,8-11H2,1-3H3,(H,20,23)(H,21,24)/p+1/t18-/m0/s1. The van der Waals surface area contributed by atoms with E-state index < -0.39 is 5.54 Å². The summed E-state index contributed by atoms with van der Waals surface area (Å²) in [6.07, 6.45) is 3.91.